The van der Waals surface area contributed by atoms with Crippen molar-refractivity contribution in [2.75, 3.05) is 6.61 Å². The number of rotatable bonds is 4. The Labute approximate surface area is 113 Å². The third kappa shape index (κ3) is 3.15. The fourth-order valence-corrected chi connectivity index (χ4v) is 1.84. The van der Waals surface area contributed by atoms with Gasteiger partial charge in [-0.3, -0.25) is 0 Å². The molecule has 1 fully saturated rings. The molecule has 102 valence electrons. The van der Waals surface area contributed by atoms with Crippen LogP contribution in [0.1, 0.15) is 25.0 Å². The molecule has 1 saturated heterocycles. The van der Waals surface area contributed by atoms with E-state index < -0.39 is 11.8 Å². The van der Waals surface area contributed by atoms with Crippen molar-refractivity contribution in [3.8, 4) is 0 Å². The van der Waals surface area contributed by atoms with Crippen molar-refractivity contribution < 1.29 is 19.0 Å². The maximum Gasteiger partial charge on any atom is 0.508 e. The minimum atomic E-state index is -0.637. The van der Waals surface area contributed by atoms with E-state index >= 15 is 0 Å². The topological polar surface area (TPSA) is 44.8 Å². The van der Waals surface area contributed by atoms with Gasteiger partial charge in [-0.2, -0.15) is 0 Å². The van der Waals surface area contributed by atoms with Gasteiger partial charge in [-0.15, -0.1) is 0 Å². The van der Waals surface area contributed by atoms with Crippen LogP contribution in [0.3, 0.4) is 0 Å². The van der Waals surface area contributed by atoms with Crippen LogP contribution >= 0.6 is 0 Å². The molecular weight excluding hydrogens is 244 g/mol. The van der Waals surface area contributed by atoms with Gasteiger partial charge in [-0.05, 0) is 31.0 Å². The second kappa shape index (κ2) is 5.45. The summed E-state index contributed by atoms with van der Waals surface area (Å²) in [7, 11) is 0. The van der Waals surface area contributed by atoms with Crippen LogP contribution in [0.15, 0.2) is 30.8 Å². The molecule has 0 aliphatic carbocycles. The Hall–Kier alpha value is -1.81. The van der Waals surface area contributed by atoms with Gasteiger partial charge >= 0.3 is 6.16 Å². The zero-order chi connectivity index (χ0) is 13.9. The van der Waals surface area contributed by atoms with Crippen LogP contribution in [0.5, 0.6) is 0 Å². The Morgan fingerprint density at radius 2 is 2.37 bits per heavy atom. The molecule has 0 amide bonds. The van der Waals surface area contributed by atoms with Crippen molar-refractivity contribution in [1.82, 2.24) is 0 Å². The molecule has 0 N–H and O–H groups in total. The van der Waals surface area contributed by atoms with Crippen molar-refractivity contribution in [2.24, 2.45) is 0 Å². The predicted molar refractivity (Wildman–Crippen MR) is 71.6 cm³/mol. The average Bonchev–Trinajstić information content (AvgIpc) is 2.42. The first kappa shape index (κ1) is 13.6. The fourth-order valence-electron chi connectivity index (χ4n) is 1.84. The van der Waals surface area contributed by atoms with Crippen molar-refractivity contribution in [2.45, 2.75) is 32.2 Å². The Morgan fingerprint density at radius 3 is 3.05 bits per heavy atom. The molecule has 1 aliphatic rings. The van der Waals surface area contributed by atoms with E-state index in [9.17, 15) is 4.79 Å². The minimum Gasteiger partial charge on any atom is -0.431 e. The van der Waals surface area contributed by atoms with Gasteiger partial charge < -0.3 is 14.2 Å². The fraction of sp³-hybridized carbons (Fsp3) is 0.400. The third-order valence-electron chi connectivity index (χ3n) is 3.36. The second-order valence-electron chi connectivity index (χ2n) is 4.85. The van der Waals surface area contributed by atoms with Crippen LogP contribution < -0.4 is 0 Å². The number of carbonyl (C=O) groups is 1. The van der Waals surface area contributed by atoms with Crippen molar-refractivity contribution >= 4 is 12.2 Å². The molecule has 0 bridgehead atoms. The SMILES string of the molecule is C=Cc1cccc(COC2(C)COC(=O)OC2C)c1. The van der Waals surface area contributed by atoms with E-state index in [2.05, 4.69) is 6.58 Å². The van der Waals surface area contributed by atoms with Crippen LogP contribution in [0.4, 0.5) is 4.79 Å². The molecule has 1 aliphatic heterocycles. The summed E-state index contributed by atoms with van der Waals surface area (Å²) in [6, 6.07) is 7.93. The summed E-state index contributed by atoms with van der Waals surface area (Å²) < 4.78 is 15.8. The summed E-state index contributed by atoms with van der Waals surface area (Å²) in [4.78, 5) is 11.0. The standard InChI is InChI=1S/C15H18O4/c1-4-12-6-5-7-13(8-12)9-18-15(3)10-17-14(16)19-11(15)2/h4-8,11H,1,9-10H2,2-3H3. The van der Waals surface area contributed by atoms with Gasteiger partial charge in [-0.1, -0.05) is 30.9 Å². The highest BCUT2D eigenvalue weighted by molar-refractivity contribution is 5.61. The summed E-state index contributed by atoms with van der Waals surface area (Å²) in [5.41, 5.74) is 1.46. The summed E-state index contributed by atoms with van der Waals surface area (Å²) in [5.74, 6) is 0. The number of hydrogen-bond donors (Lipinski definition) is 0. The van der Waals surface area contributed by atoms with Gasteiger partial charge in [0.15, 0.2) is 0 Å². The molecule has 1 aromatic carbocycles. The molecule has 2 rings (SSSR count). The average molecular weight is 262 g/mol. The van der Waals surface area contributed by atoms with Crippen LogP contribution in [-0.4, -0.2) is 24.5 Å². The highest BCUT2D eigenvalue weighted by Gasteiger charge is 2.41. The summed E-state index contributed by atoms with van der Waals surface area (Å²) in [6.45, 7) is 8.06. The van der Waals surface area contributed by atoms with E-state index in [0.29, 0.717) is 6.61 Å². The van der Waals surface area contributed by atoms with E-state index in [1.807, 2.05) is 31.2 Å². The maximum atomic E-state index is 11.0. The van der Waals surface area contributed by atoms with E-state index in [-0.39, 0.29) is 12.7 Å². The third-order valence-corrected chi connectivity index (χ3v) is 3.36. The first-order valence-corrected chi connectivity index (χ1v) is 6.22. The van der Waals surface area contributed by atoms with Crippen LogP contribution in [0, 0.1) is 0 Å². The number of ether oxygens (including phenoxy) is 3. The Morgan fingerprint density at radius 1 is 1.58 bits per heavy atom. The first-order chi connectivity index (χ1) is 9.03. The second-order valence-corrected chi connectivity index (χ2v) is 4.85. The van der Waals surface area contributed by atoms with Gasteiger partial charge in [0.2, 0.25) is 0 Å². The van der Waals surface area contributed by atoms with E-state index in [0.717, 1.165) is 11.1 Å². The zero-order valence-electron chi connectivity index (χ0n) is 11.2. The molecule has 0 aromatic heterocycles. The Kier molecular flexibility index (Phi) is 3.90. The summed E-state index contributed by atoms with van der Waals surface area (Å²) in [5, 5.41) is 0. The summed E-state index contributed by atoms with van der Waals surface area (Å²) in [6.07, 6.45) is 0.817. The highest BCUT2D eigenvalue weighted by Crippen LogP contribution is 2.25. The molecular formula is C15H18O4. The minimum absolute atomic E-state index is 0.203. The van der Waals surface area contributed by atoms with E-state index in [4.69, 9.17) is 14.2 Å². The molecule has 2 unspecified atom stereocenters. The Bertz CT molecular complexity index is 483. The molecule has 2 atom stereocenters. The van der Waals surface area contributed by atoms with Crippen molar-refractivity contribution in [3.63, 3.8) is 0 Å². The van der Waals surface area contributed by atoms with Gasteiger partial charge in [-0.25, -0.2) is 4.79 Å². The van der Waals surface area contributed by atoms with Gasteiger partial charge in [0.1, 0.15) is 18.3 Å². The number of carbonyl (C=O) groups excluding carboxylic acids is 1. The zero-order valence-corrected chi connectivity index (χ0v) is 11.2. The molecule has 1 aromatic rings. The quantitative estimate of drug-likeness (QED) is 0.782. The monoisotopic (exact) mass is 262 g/mol. The lowest BCUT2D eigenvalue weighted by Gasteiger charge is -2.37. The predicted octanol–water partition coefficient (Wildman–Crippen LogP) is 3.16. The maximum absolute atomic E-state index is 11.0. The lowest BCUT2D eigenvalue weighted by molar-refractivity contribution is -0.181. The van der Waals surface area contributed by atoms with Crippen molar-refractivity contribution in [3.05, 3.63) is 42.0 Å². The van der Waals surface area contributed by atoms with Crippen LogP contribution in [0.25, 0.3) is 6.08 Å². The van der Waals surface area contributed by atoms with Gasteiger partial charge in [0.05, 0.1) is 6.61 Å². The molecule has 0 radical (unpaired) electrons. The van der Waals surface area contributed by atoms with E-state index in [1.54, 1.807) is 13.0 Å². The first-order valence-electron chi connectivity index (χ1n) is 6.22. The number of hydrogen-bond acceptors (Lipinski definition) is 4. The summed E-state index contributed by atoms with van der Waals surface area (Å²) >= 11 is 0. The molecule has 19 heavy (non-hydrogen) atoms. The van der Waals surface area contributed by atoms with Crippen molar-refractivity contribution in [1.29, 1.82) is 0 Å². The smallest absolute Gasteiger partial charge is 0.431 e. The van der Waals surface area contributed by atoms with Gasteiger partial charge in [0, 0.05) is 0 Å². The number of benzene rings is 1. The number of cyclic esters (lactones) is 2. The van der Waals surface area contributed by atoms with Crippen LogP contribution in [-0.2, 0) is 20.8 Å². The lowest BCUT2D eigenvalue weighted by atomic mass is 10.0. The van der Waals surface area contributed by atoms with Crippen LogP contribution in [0.2, 0.25) is 0 Å². The molecule has 1 heterocycles. The van der Waals surface area contributed by atoms with Gasteiger partial charge in [0.25, 0.3) is 0 Å². The highest BCUT2D eigenvalue weighted by atomic mass is 16.8. The molecule has 0 spiro atoms. The molecule has 4 heteroatoms. The van der Waals surface area contributed by atoms with E-state index in [1.165, 1.54) is 0 Å². The lowest BCUT2D eigenvalue weighted by Crippen LogP contribution is -2.51. The largest absolute Gasteiger partial charge is 0.508 e. The molecule has 0 saturated carbocycles. The Balaban J connectivity index is 2.00. The normalized spacial score (nSPS) is 26.4. The molecule has 4 nitrogen and oxygen atoms in total.